The summed E-state index contributed by atoms with van der Waals surface area (Å²) < 4.78 is 36.2. The normalized spacial score (nSPS) is 17.4. The number of hydrogen-bond acceptors (Lipinski definition) is 8. The molecule has 0 radical (unpaired) electrons. The minimum Gasteiger partial charge on any atom is -0.492 e. The Labute approximate surface area is 266 Å². The first-order valence-corrected chi connectivity index (χ1v) is 16.9. The number of benzene rings is 3. The standard InChI is InChI=1S/C34H36N4O7S/c1-21-17-24-4-3-22(21)12-14-45-34(41)37-26-7-10-30(44-15-16-46(42,43)28-8-9-28)25(18-26)20-38(2)33(40)31(24)36-27-6-5-23-11-13-35-32(39)29(23)19-27/h3-7,10-11,13,17-19,28,31,36H,8-9,12,14-16,20H2,1-2H3,(H,35,39)(H,37,41)/t31-/m1/s1. The van der Waals surface area contributed by atoms with Gasteiger partial charge in [-0.05, 0) is 78.2 Å². The topological polar surface area (TPSA) is 147 Å². The summed E-state index contributed by atoms with van der Waals surface area (Å²) in [6.07, 6.45) is 2.84. The smallest absolute Gasteiger partial charge is 0.411 e. The maximum atomic E-state index is 14.2. The number of carbonyl (C=O) groups is 2. The number of nitrogens with zero attached hydrogens (tertiary/aromatic N) is 1. The van der Waals surface area contributed by atoms with E-state index in [1.165, 1.54) is 0 Å². The van der Waals surface area contributed by atoms with Crippen LogP contribution in [0.3, 0.4) is 0 Å². The first-order chi connectivity index (χ1) is 22.1. The zero-order chi connectivity index (χ0) is 32.4. The number of sulfone groups is 1. The summed E-state index contributed by atoms with van der Waals surface area (Å²) >= 11 is 0. The number of rotatable bonds is 7. The molecular formula is C34H36N4O7S. The van der Waals surface area contributed by atoms with Gasteiger partial charge in [0, 0.05) is 48.5 Å². The Morgan fingerprint density at radius 2 is 1.83 bits per heavy atom. The molecule has 3 heterocycles. The van der Waals surface area contributed by atoms with E-state index in [2.05, 4.69) is 15.6 Å². The lowest BCUT2D eigenvalue weighted by molar-refractivity contribution is -0.131. The number of carbonyl (C=O) groups excluding carboxylic acids is 2. The number of nitrogens with one attached hydrogen (secondary N) is 3. The number of aromatic nitrogens is 1. The lowest BCUT2D eigenvalue weighted by atomic mass is 9.97. The van der Waals surface area contributed by atoms with E-state index >= 15 is 0 Å². The van der Waals surface area contributed by atoms with Crippen molar-refractivity contribution in [1.29, 1.82) is 0 Å². The largest absolute Gasteiger partial charge is 0.492 e. The third-order valence-electron chi connectivity index (χ3n) is 8.39. The molecule has 11 nitrogen and oxygen atoms in total. The summed E-state index contributed by atoms with van der Waals surface area (Å²) in [6, 6.07) is 17.1. The molecule has 4 bridgehead atoms. The van der Waals surface area contributed by atoms with Crippen LogP contribution >= 0.6 is 0 Å². The SMILES string of the molecule is Cc1cc2ccc1CCOC(=O)Nc1ccc(OCCS(=O)(=O)C3CC3)c(c1)CN(C)C(=O)[C@@H]2Nc1ccc2cc[nH]c(=O)c2c1. The van der Waals surface area contributed by atoms with E-state index < -0.39 is 22.0 Å². The Hall–Kier alpha value is -4.84. The molecule has 1 saturated carbocycles. The second kappa shape index (κ2) is 12.9. The molecule has 0 unspecified atom stereocenters. The fourth-order valence-corrected chi connectivity index (χ4v) is 7.15. The van der Waals surface area contributed by atoms with Gasteiger partial charge in [0.05, 0.1) is 17.6 Å². The van der Waals surface area contributed by atoms with Crippen LogP contribution in [0.2, 0.25) is 0 Å². The van der Waals surface area contributed by atoms with Crippen LogP contribution in [0, 0.1) is 6.92 Å². The second-order valence-electron chi connectivity index (χ2n) is 11.8. The van der Waals surface area contributed by atoms with Crippen LogP contribution in [0.25, 0.3) is 10.8 Å². The van der Waals surface area contributed by atoms with Gasteiger partial charge in [-0.15, -0.1) is 0 Å². The molecule has 0 saturated heterocycles. The van der Waals surface area contributed by atoms with Crippen molar-refractivity contribution in [3.63, 3.8) is 0 Å². The highest BCUT2D eigenvalue weighted by Gasteiger charge is 2.35. The minimum atomic E-state index is -3.22. The van der Waals surface area contributed by atoms with Crippen LogP contribution in [0.4, 0.5) is 16.2 Å². The molecule has 1 fully saturated rings. The monoisotopic (exact) mass is 644 g/mol. The van der Waals surface area contributed by atoms with Crippen molar-refractivity contribution in [1.82, 2.24) is 9.88 Å². The number of hydrogen-bond donors (Lipinski definition) is 3. The third kappa shape index (κ3) is 7.02. The van der Waals surface area contributed by atoms with Crippen molar-refractivity contribution in [2.45, 2.75) is 44.0 Å². The highest BCUT2D eigenvalue weighted by atomic mass is 32.2. The van der Waals surface area contributed by atoms with Crippen molar-refractivity contribution in [3.05, 3.63) is 99.5 Å². The van der Waals surface area contributed by atoms with Crippen molar-refractivity contribution in [2.75, 3.05) is 36.6 Å². The third-order valence-corrected chi connectivity index (χ3v) is 10.6. The maximum absolute atomic E-state index is 14.2. The number of aryl methyl sites for hydroxylation is 1. The fourth-order valence-electron chi connectivity index (χ4n) is 5.65. The average molecular weight is 645 g/mol. The maximum Gasteiger partial charge on any atom is 0.411 e. The van der Waals surface area contributed by atoms with Crippen molar-refractivity contribution in [2.24, 2.45) is 0 Å². The Morgan fingerprint density at radius 3 is 2.61 bits per heavy atom. The molecule has 46 heavy (non-hydrogen) atoms. The molecule has 1 atom stereocenters. The molecule has 7 rings (SSSR count). The average Bonchev–Trinajstić information content (AvgIpc) is 3.88. The lowest BCUT2D eigenvalue weighted by Gasteiger charge is -2.27. The fraction of sp³-hybridized carbons (Fsp3) is 0.324. The van der Waals surface area contributed by atoms with Gasteiger partial charge in [-0.25, -0.2) is 13.2 Å². The zero-order valence-corrected chi connectivity index (χ0v) is 26.5. The highest BCUT2D eigenvalue weighted by Crippen LogP contribution is 2.31. The Balaban J connectivity index is 1.33. The molecule has 3 N–H and O–H groups in total. The summed E-state index contributed by atoms with van der Waals surface area (Å²) in [5.41, 5.74) is 4.04. The van der Waals surface area contributed by atoms with Crippen molar-refractivity contribution >= 4 is 44.0 Å². The molecule has 12 heteroatoms. The number of anilines is 2. The van der Waals surface area contributed by atoms with E-state index in [1.54, 1.807) is 42.4 Å². The number of H-pyrrole nitrogens is 1. The van der Waals surface area contributed by atoms with Crippen LogP contribution in [-0.2, 0) is 32.3 Å². The Morgan fingerprint density at radius 1 is 1.00 bits per heavy atom. The van der Waals surface area contributed by atoms with Crippen molar-refractivity contribution in [3.8, 4) is 5.75 Å². The number of aromatic amines is 1. The molecule has 0 spiro atoms. The van der Waals surface area contributed by atoms with Gasteiger partial charge in [0.25, 0.3) is 5.56 Å². The molecule has 2 aliphatic heterocycles. The quantitative estimate of drug-likeness (QED) is 0.262. The summed E-state index contributed by atoms with van der Waals surface area (Å²) in [4.78, 5) is 43.6. The molecule has 2 amide bonds. The minimum absolute atomic E-state index is 0.0325. The van der Waals surface area contributed by atoms with Crippen molar-refractivity contribution < 1.29 is 27.5 Å². The van der Waals surface area contributed by atoms with Gasteiger partial charge in [-0.3, -0.25) is 14.9 Å². The number of pyridine rings is 1. The summed E-state index contributed by atoms with van der Waals surface area (Å²) in [5.74, 6) is 0.0548. The van der Waals surface area contributed by atoms with E-state index in [1.807, 2.05) is 43.3 Å². The van der Waals surface area contributed by atoms with Gasteiger partial charge >= 0.3 is 6.09 Å². The zero-order valence-electron chi connectivity index (χ0n) is 25.7. The molecule has 4 aromatic rings. The summed E-state index contributed by atoms with van der Waals surface area (Å²) in [5, 5.41) is 7.08. The number of fused-ring (bicyclic) bond motifs is 10. The second-order valence-corrected chi connectivity index (χ2v) is 14.2. The molecular weight excluding hydrogens is 608 g/mol. The predicted octanol–water partition coefficient (Wildman–Crippen LogP) is 4.71. The van der Waals surface area contributed by atoms with Crippen LogP contribution in [0.15, 0.2) is 71.7 Å². The van der Waals surface area contributed by atoms with Gasteiger partial charge in [0.15, 0.2) is 9.84 Å². The molecule has 240 valence electrons. The van der Waals surface area contributed by atoms with Crippen LogP contribution in [0.1, 0.15) is 41.1 Å². The molecule has 1 aromatic heterocycles. The summed E-state index contributed by atoms with van der Waals surface area (Å²) in [7, 11) is -1.55. The predicted molar refractivity (Wildman–Crippen MR) is 176 cm³/mol. The highest BCUT2D eigenvalue weighted by molar-refractivity contribution is 7.92. The Bertz CT molecular complexity index is 1970. The van der Waals surface area contributed by atoms with Gasteiger partial charge < -0.3 is 24.7 Å². The van der Waals surface area contributed by atoms with E-state index in [9.17, 15) is 22.8 Å². The van der Waals surface area contributed by atoms with Crippen LogP contribution in [-0.4, -0.2) is 61.6 Å². The van der Waals surface area contributed by atoms with Crippen LogP contribution < -0.4 is 20.9 Å². The molecule has 3 aromatic carbocycles. The van der Waals surface area contributed by atoms with E-state index in [0.29, 0.717) is 47.3 Å². The summed E-state index contributed by atoms with van der Waals surface area (Å²) in [6.45, 7) is 2.17. The van der Waals surface area contributed by atoms with Crippen LogP contribution in [0.5, 0.6) is 5.75 Å². The first-order valence-electron chi connectivity index (χ1n) is 15.2. The Kier molecular flexibility index (Phi) is 8.72. The number of amides is 2. The molecule has 3 aliphatic rings. The van der Waals surface area contributed by atoms with Gasteiger partial charge in [-0.2, -0.15) is 0 Å². The number of likely N-dealkylation sites (N-methyl/N-ethyl adjacent to an activating group) is 1. The van der Waals surface area contributed by atoms with Gasteiger partial charge in [0.1, 0.15) is 18.4 Å². The van der Waals surface area contributed by atoms with E-state index in [0.717, 1.165) is 22.1 Å². The van der Waals surface area contributed by atoms with E-state index in [4.69, 9.17) is 9.47 Å². The van der Waals surface area contributed by atoms with Gasteiger partial charge in [-0.1, -0.05) is 24.3 Å². The first kappa shape index (κ1) is 31.2. The van der Waals surface area contributed by atoms with Gasteiger partial charge in [0.2, 0.25) is 5.91 Å². The molecule has 1 aliphatic carbocycles. The number of ether oxygens (including phenoxy) is 2. The lowest BCUT2D eigenvalue weighted by Crippen LogP contribution is -2.35. The van der Waals surface area contributed by atoms with E-state index in [-0.39, 0.29) is 42.2 Å².